The number of nitrogens with one attached hydrogen (secondary N) is 1. The summed E-state index contributed by atoms with van der Waals surface area (Å²) in [5.41, 5.74) is 0.564. The minimum Gasteiger partial charge on any atom is -0.478 e. The summed E-state index contributed by atoms with van der Waals surface area (Å²) in [7, 11) is 0. The van der Waals surface area contributed by atoms with Gasteiger partial charge in [0.2, 0.25) is 5.91 Å². The third kappa shape index (κ3) is 3.90. The molecule has 2 unspecified atom stereocenters. The molecule has 1 aromatic carbocycles. The van der Waals surface area contributed by atoms with Crippen LogP contribution in [-0.2, 0) is 9.59 Å². The number of carbonyl (C=O) groups excluding carboxylic acids is 1. The Morgan fingerprint density at radius 2 is 2.14 bits per heavy atom. The number of amides is 1. The van der Waals surface area contributed by atoms with Crippen LogP contribution >= 0.6 is 0 Å². The highest BCUT2D eigenvalue weighted by Crippen LogP contribution is 2.32. The number of carboxylic acid groups (broad SMARTS) is 1. The van der Waals surface area contributed by atoms with Gasteiger partial charge in [0.25, 0.3) is 0 Å². The van der Waals surface area contributed by atoms with Gasteiger partial charge in [-0.1, -0.05) is 13.3 Å². The van der Waals surface area contributed by atoms with Crippen molar-refractivity contribution in [3.05, 3.63) is 35.7 Å². The second-order valence-corrected chi connectivity index (χ2v) is 5.41. The van der Waals surface area contributed by atoms with Crippen LogP contribution in [0.3, 0.4) is 0 Å². The normalized spacial score (nSPS) is 21.6. The Labute approximate surface area is 122 Å². The average Bonchev–Trinajstić information content (AvgIpc) is 2.84. The maximum atomic E-state index is 13.8. The van der Waals surface area contributed by atoms with Crippen molar-refractivity contribution in [3.63, 3.8) is 0 Å². The number of carbonyl (C=O) groups is 2. The van der Waals surface area contributed by atoms with Crippen LogP contribution in [0.5, 0.6) is 0 Å². The van der Waals surface area contributed by atoms with Crippen molar-refractivity contribution >= 4 is 23.6 Å². The van der Waals surface area contributed by atoms with Gasteiger partial charge in [-0.15, -0.1) is 0 Å². The van der Waals surface area contributed by atoms with Gasteiger partial charge in [-0.25, -0.2) is 9.18 Å². The van der Waals surface area contributed by atoms with E-state index >= 15 is 0 Å². The molecule has 1 saturated carbocycles. The molecule has 0 heterocycles. The van der Waals surface area contributed by atoms with E-state index in [1.54, 1.807) is 6.07 Å². The number of hydrogen-bond acceptors (Lipinski definition) is 2. The highest BCUT2D eigenvalue weighted by Gasteiger charge is 2.29. The topological polar surface area (TPSA) is 66.4 Å². The lowest BCUT2D eigenvalue weighted by Gasteiger charge is -2.15. The molecule has 2 N–H and O–H groups in total. The SMILES string of the molecule is CC1CCCC1C(=O)Nc1ccc(/C=C/C(=O)O)c(F)c1. The minimum absolute atomic E-state index is 0.0142. The molecule has 5 heteroatoms. The lowest BCUT2D eigenvalue weighted by atomic mass is 9.97. The number of halogens is 1. The molecule has 1 fully saturated rings. The van der Waals surface area contributed by atoms with Crippen molar-refractivity contribution in [1.82, 2.24) is 0 Å². The fraction of sp³-hybridized carbons (Fsp3) is 0.375. The Kier molecular flexibility index (Phi) is 4.73. The molecule has 21 heavy (non-hydrogen) atoms. The monoisotopic (exact) mass is 291 g/mol. The van der Waals surface area contributed by atoms with E-state index in [9.17, 15) is 14.0 Å². The van der Waals surface area contributed by atoms with Crippen LogP contribution in [0.4, 0.5) is 10.1 Å². The van der Waals surface area contributed by atoms with E-state index in [1.807, 2.05) is 0 Å². The highest BCUT2D eigenvalue weighted by molar-refractivity contribution is 5.93. The summed E-state index contributed by atoms with van der Waals surface area (Å²) in [6, 6.07) is 4.23. The van der Waals surface area contributed by atoms with Crippen molar-refractivity contribution in [2.45, 2.75) is 26.2 Å². The van der Waals surface area contributed by atoms with Crippen molar-refractivity contribution in [3.8, 4) is 0 Å². The quantitative estimate of drug-likeness (QED) is 0.836. The molecule has 0 spiro atoms. The van der Waals surface area contributed by atoms with E-state index in [4.69, 9.17) is 5.11 Å². The standard InChI is InChI=1S/C16H18FNO3/c1-10-3-2-4-13(10)16(21)18-12-7-5-11(14(17)9-12)6-8-15(19)20/h5-10,13H,2-4H2,1H3,(H,18,21)(H,19,20)/b8-6+. The number of hydrogen-bond donors (Lipinski definition) is 2. The molecule has 0 saturated heterocycles. The van der Waals surface area contributed by atoms with E-state index in [0.717, 1.165) is 25.3 Å². The zero-order chi connectivity index (χ0) is 15.4. The number of carboxylic acids is 1. The van der Waals surface area contributed by atoms with Gasteiger partial charge in [0, 0.05) is 23.2 Å². The molecule has 2 atom stereocenters. The van der Waals surface area contributed by atoms with Gasteiger partial charge >= 0.3 is 5.97 Å². The first-order valence-corrected chi connectivity index (χ1v) is 6.99. The molecule has 0 aromatic heterocycles. The molecule has 1 aromatic rings. The van der Waals surface area contributed by atoms with E-state index in [0.29, 0.717) is 11.6 Å². The first-order chi connectivity index (χ1) is 9.97. The van der Waals surface area contributed by atoms with Crippen molar-refractivity contribution < 1.29 is 19.1 Å². The number of rotatable bonds is 4. The van der Waals surface area contributed by atoms with Crippen molar-refractivity contribution in [2.75, 3.05) is 5.32 Å². The zero-order valence-corrected chi connectivity index (χ0v) is 11.8. The Balaban J connectivity index is 2.06. The molecule has 0 bridgehead atoms. The summed E-state index contributed by atoms with van der Waals surface area (Å²) < 4.78 is 13.8. The second-order valence-electron chi connectivity index (χ2n) is 5.41. The van der Waals surface area contributed by atoms with E-state index in [1.165, 1.54) is 18.2 Å². The van der Waals surface area contributed by atoms with Gasteiger partial charge < -0.3 is 10.4 Å². The predicted molar refractivity (Wildman–Crippen MR) is 78.2 cm³/mol. The molecule has 4 nitrogen and oxygen atoms in total. The Bertz CT molecular complexity index is 583. The summed E-state index contributed by atoms with van der Waals surface area (Å²) in [5, 5.41) is 11.2. The smallest absolute Gasteiger partial charge is 0.328 e. The van der Waals surface area contributed by atoms with Gasteiger partial charge in [0.1, 0.15) is 5.82 Å². The summed E-state index contributed by atoms with van der Waals surface area (Å²) in [5.74, 6) is -1.44. The Morgan fingerprint density at radius 3 is 2.71 bits per heavy atom. The highest BCUT2D eigenvalue weighted by atomic mass is 19.1. The van der Waals surface area contributed by atoms with Crippen molar-refractivity contribution in [2.24, 2.45) is 11.8 Å². The van der Waals surface area contributed by atoms with Crippen LogP contribution in [0.25, 0.3) is 6.08 Å². The van der Waals surface area contributed by atoms with E-state index in [-0.39, 0.29) is 17.4 Å². The number of benzene rings is 1. The van der Waals surface area contributed by atoms with Crippen LogP contribution in [0, 0.1) is 17.7 Å². The second kappa shape index (κ2) is 6.52. The first kappa shape index (κ1) is 15.2. The number of aliphatic carboxylic acids is 1. The van der Waals surface area contributed by atoms with Crippen LogP contribution in [0.1, 0.15) is 31.7 Å². The fourth-order valence-corrected chi connectivity index (χ4v) is 2.67. The van der Waals surface area contributed by atoms with Crippen LogP contribution < -0.4 is 5.32 Å². The molecule has 112 valence electrons. The van der Waals surface area contributed by atoms with Gasteiger partial charge in [0.15, 0.2) is 0 Å². The van der Waals surface area contributed by atoms with Crippen LogP contribution in [0.2, 0.25) is 0 Å². The Morgan fingerprint density at radius 1 is 1.38 bits per heavy atom. The summed E-state index contributed by atoms with van der Waals surface area (Å²) in [6.07, 6.45) is 5.02. The van der Waals surface area contributed by atoms with Gasteiger partial charge in [-0.3, -0.25) is 4.79 Å². The number of anilines is 1. The lowest BCUT2D eigenvalue weighted by Crippen LogP contribution is -2.24. The van der Waals surface area contributed by atoms with Gasteiger partial charge in [-0.2, -0.15) is 0 Å². The van der Waals surface area contributed by atoms with Gasteiger partial charge in [-0.05, 0) is 43.0 Å². The van der Waals surface area contributed by atoms with E-state index in [2.05, 4.69) is 12.2 Å². The average molecular weight is 291 g/mol. The Hall–Kier alpha value is -2.17. The van der Waals surface area contributed by atoms with Crippen molar-refractivity contribution in [1.29, 1.82) is 0 Å². The molecule has 1 amide bonds. The first-order valence-electron chi connectivity index (χ1n) is 6.99. The molecular weight excluding hydrogens is 273 g/mol. The third-order valence-electron chi connectivity index (χ3n) is 3.87. The summed E-state index contributed by atoms with van der Waals surface area (Å²) in [6.45, 7) is 2.05. The van der Waals surface area contributed by atoms with Gasteiger partial charge in [0.05, 0.1) is 0 Å². The van der Waals surface area contributed by atoms with Crippen LogP contribution in [0.15, 0.2) is 24.3 Å². The maximum Gasteiger partial charge on any atom is 0.328 e. The van der Waals surface area contributed by atoms with Crippen LogP contribution in [-0.4, -0.2) is 17.0 Å². The maximum absolute atomic E-state index is 13.8. The molecule has 1 aliphatic rings. The molecule has 0 radical (unpaired) electrons. The van der Waals surface area contributed by atoms with E-state index < -0.39 is 11.8 Å². The lowest BCUT2D eigenvalue weighted by molar-refractivity contribution is -0.131. The molecule has 2 rings (SSSR count). The zero-order valence-electron chi connectivity index (χ0n) is 11.8. The molecule has 0 aliphatic heterocycles. The molecule has 1 aliphatic carbocycles. The summed E-state index contributed by atoms with van der Waals surface area (Å²) >= 11 is 0. The molecular formula is C16H18FNO3. The predicted octanol–water partition coefficient (Wildman–Crippen LogP) is 3.30. The third-order valence-corrected chi connectivity index (χ3v) is 3.87. The summed E-state index contributed by atoms with van der Waals surface area (Å²) in [4.78, 5) is 22.5. The largest absolute Gasteiger partial charge is 0.478 e. The fourth-order valence-electron chi connectivity index (χ4n) is 2.67. The minimum atomic E-state index is -1.14.